The lowest BCUT2D eigenvalue weighted by atomic mass is 10.1. The molecule has 15 nitrogen and oxygen atoms in total. The van der Waals surface area contributed by atoms with Crippen LogP contribution in [0.4, 0.5) is 30.5 Å². The SMILES string of the molecule is CC(Oc1cc(-c2nn(COCC[Si](C)(C)C)c(Nc3ccn(CCOCC(=O)OC(C)(C)C)n3)c2C(N)=O)ccc1NS(=O)(=O)C(F)F)c1ccc(F)cc1. The van der Waals surface area contributed by atoms with Crippen LogP contribution < -0.4 is 20.5 Å². The summed E-state index contributed by atoms with van der Waals surface area (Å²) in [6.45, 7) is 13.9. The Morgan fingerprint density at radius 2 is 1.70 bits per heavy atom. The molecular formula is C36H48F3N7O8SSi. The molecule has 0 spiro atoms. The van der Waals surface area contributed by atoms with Crippen molar-refractivity contribution in [3.05, 3.63) is 71.7 Å². The number of ether oxygens (including phenoxy) is 4. The van der Waals surface area contributed by atoms with Crippen molar-refractivity contribution in [3.8, 4) is 17.0 Å². The first kappa shape index (κ1) is 43.8. The molecule has 0 fully saturated rings. The first-order valence-electron chi connectivity index (χ1n) is 17.6. The minimum absolute atomic E-state index is 0.0336. The molecule has 4 N–H and O–H groups in total. The van der Waals surface area contributed by atoms with Crippen LogP contribution in [0, 0.1) is 5.82 Å². The molecule has 0 radical (unpaired) electrons. The number of halogens is 3. The zero-order chi connectivity index (χ0) is 41.4. The first-order chi connectivity index (χ1) is 26.1. The van der Waals surface area contributed by atoms with Crippen molar-refractivity contribution in [2.75, 3.05) is 29.9 Å². The standard InChI is InChI=1S/C36H48F3N7O8SSi/c1-23(24-8-11-26(37)12-9-24)53-28-20-25(10-13-27(28)44-55(49,50)35(38)39)32-31(33(40)48)34(46(43-32)22-52-18-19-56(5,6)7)41-29-14-15-45(42-29)16-17-51-21-30(47)54-36(2,3)4/h8-15,20,23,35,44H,16-19,21-22H2,1-7H3,(H2,40,48)(H,41,42). The van der Waals surface area contributed by atoms with Gasteiger partial charge in [0.2, 0.25) is 0 Å². The Kier molecular flexibility index (Phi) is 14.4. The van der Waals surface area contributed by atoms with E-state index in [0.717, 1.165) is 6.04 Å². The third-order valence-electron chi connectivity index (χ3n) is 7.79. The Morgan fingerprint density at radius 1 is 1.00 bits per heavy atom. The van der Waals surface area contributed by atoms with Crippen LogP contribution in [0.25, 0.3) is 11.3 Å². The summed E-state index contributed by atoms with van der Waals surface area (Å²) in [5, 5.41) is 12.2. The van der Waals surface area contributed by atoms with Gasteiger partial charge in [-0.25, -0.2) is 22.3 Å². The highest BCUT2D eigenvalue weighted by Gasteiger charge is 2.29. The summed E-state index contributed by atoms with van der Waals surface area (Å²) in [5.41, 5.74) is 5.63. The predicted octanol–water partition coefficient (Wildman–Crippen LogP) is 6.50. The van der Waals surface area contributed by atoms with Gasteiger partial charge in [-0.05, 0) is 63.6 Å². The van der Waals surface area contributed by atoms with E-state index in [-0.39, 0.29) is 60.6 Å². The normalized spacial score (nSPS) is 12.8. The van der Waals surface area contributed by atoms with Gasteiger partial charge in [0.05, 0.1) is 18.8 Å². The number of sulfonamides is 1. The third kappa shape index (κ3) is 12.8. The molecule has 1 atom stereocenters. The van der Waals surface area contributed by atoms with Gasteiger partial charge in [0, 0.05) is 32.5 Å². The van der Waals surface area contributed by atoms with E-state index in [1.807, 2.05) is 4.72 Å². The molecule has 2 aromatic carbocycles. The third-order valence-corrected chi connectivity index (χ3v) is 10.5. The second-order valence-corrected chi connectivity index (χ2v) is 22.2. The summed E-state index contributed by atoms with van der Waals surface area (Å²) in [6.07, 6.45) is 0.837. The number of hydrogen-bond acceptors (Lipinski definition) is 11. The van der Waals surface area contributed by atoms with Gasteiger partial charge in [0.1, 0.15) is 53.7 Å². The fourth-order valence-corrected chi connectivity index (χ4v) is 6.37. The van der Waals surface area contributed by atoms with Crippen LogP contribution in [0.3, 0.4) is 0 Å². The second kappa shape index (κ2) is 18.3. The zero-order valence-electron chi connectivity index (χ0n) is 32.3. The molecule has 1 amide bonds. The molecule has 1 unspecified atom stereocenters. The van der Waals surface area contributed by atoms with Gasteiger partial charge in [-0.1, -0.05) is 37.8 Å². The first-order valence-corrected chi connectivity index (χ1v) is 22.8. The van der Waals surface area contributed by atoms with Crippen LogP contribution in [-0.4, -0.2) is 79.1 Å². The molecule has 4 aromatic rings. The van der Waals surface area contributed by atoms with E-state index in [1.165, 1.54) is 47.1 Å². The minimum Gasteiger partial charge on any atom is -0.484 e. The number of carbonyl (C=O) groups is 2. The maximum Gasteiger partial charge on any atom is 0.355 e. The number of primary amides is 1. The van der Waals surface area contributed by atoms with E-state index in [4.69, 9.17) is 24.7 Å². The van der Waals surface area contributed by atoms with E-state index in [0.29, 0.717) is 18.0 Å². The number of anilines is 3. The lowest BCUT2D eigenvalue weighted by molar-refractivity contribution is -0.160. The maximum absolute atomic E-state index is 13.6. The lowest BCUT2D eigenvalue weighted by Gasteiger charge is -2.19. The Labute approximate surface area is 324 Å². The fraction of sp³-hybridized carbons (Fsp3) is 0.444. The molecule has 0 aliphatic rings. The highest BCUT2D eigenvalue weighted by atomic mass is 32.2. The van der Waals surface area contributed by atoms with Crippen LogP contribution >= 0.6 is 0 Å². The topological polar surface area (TPSA) is 191 Å². The number of nitrogens with one attached hydrogen (secondary N) is 2. The Bertz CT molecular complexity index is 2080. The predicted molar refractivity (Wildman–Crippen MR) is 206 cm³/mol. The molecule has 4 rings (SSSR count). The number of esters is 1. The molecule has 56 heavy (non-hydrogen) atoms. The van der Waals surface area contributed by atoms with E-state index in [1.54, 1.807) is 44.6 Å². The van der Waals surface area contributed by atoms with Crippen LogP contribution in [0.5, 0.6) is 5.75 Å². The van der Waals surface area contributed by atoms with Gasteiger partial charge in [0.15, 0.2) is 5.82 Å². The zero-order valence-corrected chi connectivity index (χ0v) is 34.1. The van der Waals surface area contributed by atoms with Crippen molar-refractivity contribution in [2.45, 2.75) is 84.1 Å². The molecule has 0 aliphatic heterocycles. The largest absolute Gasteiger partial charge is 0.484 e. The second-order valence-electron chi connectivity index (χ2n) is 14.9. The van der Waals surface area contributed by atoms with Crippen molar-refractivity contribution in [1.82, 2.24) is 19.6 Å². The van der Waals surface area contributed by atoms with Crippen molar-refractivity contribution in [2.24, 2.45) is 5.73 Å². The van der Waals surface area contributed by atoms with Gasteiger partial charge in [-0.2, -0.15) is 19.0 Å². The molecule has 2 aromatic heterocycles. The van der Waals surface area contributed by atoms with Crippen molar-refractivity contribution < 1.29 is 50.1 Å². The van der Waals surface area contributed by atoms with Gasteiger partial charge in [-0.15, -0.1) is 0 Å². The summed E-state index contributed by atoms with van der Waals surface area (Å²) in [7, 11) is -6.60. The Morgan fingerprint density at radius 3 is 2.32 bits per heavy atom. The van der Waals surface area contributed by atoms with E-state index in [9.17, 15) is 31.2 Å². The number of nitrogens with two attached hydrogens (primary N) is 1. The van der Waals surface area contributed by atoms with E-state index < -0.39 is 53.3 Å². The Hall–Kier alpha value is -4.92. The smallest absolute Gasteiger partial charge is 0.355 e. The molecule has 0 saturated carbocycles. The summed E-state index contributed by atoms with van der Waals surface area (Å²) in [5.74, 6) is -5.41. The van der Waals surface area contributed by atoms with Crippen molar-refractivity contribution >= 4 is 47.3 Å². The van der Waals surface area contributed by atoms with E-state index in [2.05, 4.69) is 35.2 Å². The van der Waals surface area contributed by atoms with Gasteiger partial charge < -0.3 is 30.0 Å². The van der Waals surface area contributed by atoms with E-state index >= 15 is 0 Å². The molecule has 20 heteroatoms. The summed E-state index contributed by atoms with van der Waals surface area (Å²) in [6, 6.07) is 11.7. The number of nitrogens with zero attached hydrogens (tertiary/aromatic N) is 4. The van der Waals surface area contributed by atoms with Crippen LogP contribution in [0.1, 0.15) is 49.7 Å². The summed E-state index contributed by atoms with van der Waals surface area (Å²) in [4.78, 5) is 25.2. The molecule has 0 saturated heterocycles. The highest BCUT2D eigenvalue weighted by Crippen LogP contribution is 2.38. The monoisotopic (exact) mass is 823 g/mol. The van der Waals surface area contributed by atoms with Crippen LogP contribution in [-0.2, 0) is 42.3 Å². The maximum atomic E-state index is 13.6. The number of alkyl halides is 2. The number of benzene rings is 2. The van der Waals surface area contributed by atoms with Crippen molar-refractivity contribution in [1.29, 1.82) is 0 Å². The van der Waals surface area contributed by atoms with Gasteiger partial charge in [0.25, 0.3) is 15.9 Å². The van der Waals surface area contributed by atoms with Crippen LogP contribution in [0.2, 0.25) is 25.7 Å². The van der Waals surface area contributed by atoms with Crippen LogP contribution in [0.15, 0.2) is 54.7 Å². The molecular weight excluding hydrogens is 776 g/mol. The van der Waals surface area contributed by atoms with Crippen molar-refractivity contribution in [3.63, 3.8) is 0 Å². The quantitative estimate of drug-likeness (QED) is 0.0501. The summed E-state index contributed by atoms with van der Waals surface area (Å²) >= 11 is 0. The van der Waals surface area contributed by atoms with Gasteiger partial charge >= 0.3 is 11.7 Å². The number of carbonyl (C=O) groups excluding carboxylic acids is 2. The lowest BCUT2D eigenvalue weighted by Crippen LogP contribution is -2.27. The number of aromatic nitrogens is 4. The number of amides is 1. The van der Waals surface area contributed by atoms with Gasteiger partial charge in [-0.3, -0.25) is 14.2 Å². The average Bonchev–Trinajstić information content (AvgIpc) is 3.69. The molecule has 0 aliphatic carbocycles. The minimum atomic E-state index is -5.12. The molecule has 0 bridgehead atoms. The fourth-order valence-electron chi connectivity index (χ4n) is 5.05. The number of hydrogen-bond donors (Lipinski definition) is 3. The molecule has 2 heterocycles. The molecule has 306 valence electrons. The Balaban J connectivity index is 1.69. The number of rotatable bonds is 20. The average molecular weight is 824 g/mol. The highest BCUT2D eigenvalue weighted by molar-refractivity contribution is 7.93. The summed E-state index contributed by atoms with van der Waals surface area (Å²) < 4.78 is 92.4.